The predicted molar refractivity (Wildman–Crippen MR) is 102 cm³/mol. The minimum Gasteiger partial charge on any atom is -0.313 e. The molecule has 142 valence electrons. The Balaban J connectivity index is 1.47. The number of allylic oxidation sites excluding steroid dienone is 1. The summed E-state index contributed by atoms with van der Waals surface area (Å²) in [7, 11) is 0. The Bertz CT molecular complexity index is 676. The van der Waals surface area contributed by atoms with Crippen LogP contribution in [0.4, 0.5) is 0 Å². The summed E-state index contributed by atoms with van der Waals surface area (Å²) in [6.45, 7) is 5.78. The topological polar surface area (TPSA) is 46.2 Å². The van der Waals surface area contributed by atoms with Crippen LogP contribution in [0.3, 0.4) is 0 Å². The summed E-state index contributed by atoms with van der Waals surface area (Å²) in [5.74, 6) is 3.03. The molecule has 5 rings (SSSR count). The fourth-order valence-electron chi connectivity index (χ4n) is 7.85. The fraction of sp³-hybridized carbons (Fsp3) is 0.826. The molecule has 1 heterocycles. The van der Waals surface area contributed by atoms with Crippen LogP contribution >= 0.6 is 0 Å². The molecule has 0 aromatic carbocycles. The van der Waals surface area contributed by atoms with Crippen LogP contribution in [0.25, 0.3) is 0 Å². The van der Waals surface area contributed by atoms with Crippen molar-refractivity contribution in [3.8, 4) is 0 Å². The highest BCUT2D eigenvalue weighted by molar-refractivity contribution is 5.94. The maximum atomic E-state index is 12.9. The van der Waals surface area contributed by atoms with Crippen LogP contribution in [0.2, 0.25) is 0 Å². The lowest BCUT2D eigenvalue weighted by Crippen LogP contribution is -2.53. The quantitative estimate of drug-likeness (QED) is 0.771. The molecule has 4 fully saturated rings. The van der Waals surface area contributed by atoms with E-state index in [1.165, 1.54) is 24.8 Å². The lowest BCUT2D eigenvalue weighted by Gasteiger charge is -2.57. The summed E-state index contributed by atoms with van der Waals surface area (Å²) in [5, 5.41) is 3.60. The molecule has 4 aliphatic carbocycles. The van der Waals surface area contributed by atoms with Crippen LogP contribution in [0, 0.1) is 34.5 Å². The van der Waals surface area contributed by atoms with E-state index in [0.29, 0.717) is 35.4 Å². The second-order valence-corrected chi connectivity index (χ2v) is 10.3. The van der Waals surface area contributed by atoms with E-state index < -0.39 is 0 Å². The maximum absolute atomic E-state index is 12.9. The van der Waals surface area contributed by atoms with Crippen LogP contribution in [-0.4, -0.2) is 24.2 Å². The molecule has 0 spiro atoms. The number of hydrogen-bond donors (Lipinski definition) is 1. The largest absolute Gasteiger partial charge is 0.313 e. The van der Waals surface area contributed by atoms with Gasteiger partial charge in [-0.3, -0.25) is 9.59 Å². The molecule has 0 aromatic heterocycles. The van der Waals surface area contributed by atoms with Crippen LogP contribution in [-0.2, 0) is 9.59 Å². The first kappa shape index (κ1) is 17.2. The van der Waals surface area contributed by atoms with Crippen molar-refractivity contribution in [3.63, 3.8) is 0 Å². The van der Waals surface area contributed by atoms with E-state index in [2.05, 4.69) is 25.2 Å². The standard InChI is InChI=1S/C23H33NO2/c1-22-10-9-18-15(17(22)7-8-21(22)26)6-5-14-12-20(25)16(13-23(14,18)2)19-4-3-11-24-19/h12,15-19,24H,3-11,13H2,1-2H3. The molecular formula is C23H33NO2. The van der Waals surface area contributed by atoms with E-state index in [4.69, 9.17) is 0 Å². The number of ketones is 2. The van der Waals surface area contributed by atoms with Crippen molar-refractivity contribution in [2.24, 2.45) is 34.5 Å². The van der Waals surface area contributed by atoms with Gasteiger partial charge in [-0.2, -0.15) is 0 Å². The van der Waals surface area contributed by atoms with Gasteiger partial charge in [-0.05, 0) is 87.2 Å². The summed E-state index contributed by atoms with van der Waals surface area (Å²) >= 11 is 0. The number of carbonyl (C=O) groups excluding carboxylic acids is 2. The summed E-state index contributed by atoms with van der Waals surface area (Å²) in [6, 6.07) is 0.388. The molecule has 0 radical (unpaired) electrons. The molecule has 7 unspecified atom stereocenters. The zero-order chi connectivity index (χ0) is 18.1. The molecule has 3 saturated carbocycles. The lowest BCUT2D eigenvalue weighted by atomic mass is 9.46. The highest BCUT2D eigenvalue weighted by atomic mass is 16.1. The van der Waals surface area contributed by atoms with Crippen molar-refractivity contribution >= 4 is 11.6 Å². The smallest absolute Gasteiger partial charge is 0.160 e. The molecule has 1 N–H and O–H groups in total. The average Bonchev–Trinajstić information content (AvgIpc) is 3.24. The van der Waals surface area contributed by atoms with E-state index in [0.717, 1.165) is 45.1 Å². The number of hydrogen-bond acceptors (Lipinski definition) is 3. The van der Waals surface area contributed by atoms with Crippen molar-refractivity contribution in [2.75, 3.05) is 6.54 Å². The van der Waals surface area contributed by atoms with Gasteiger partial charge in [0.15, 0.2) is 5.78 Å². The first-order valence-electron chi connectivity index (χ1n) is 10.9. The molecular weight excluding hydrogens is 322 g/mol. The van der Waals surface area contributed by atoms with Gasteiger partial charge in [0.25, 0.3) is 0 Å². The minimum absolute atomic E-state index is 0.0460. The zero-order valence-electron chi connectivity index (χ0n) is 16.4. The van der Waals surface area contributed by atoms with Gasteiger partial charge in [-0.25, -0.2) is 0 Å². The Morgan fingerprint density at radius 3 is 2.58 bits per heavy atom. The fourth-order valence-corrected chi connectivity index (χ4v) is 7.85. The van der Waals surface area contributed by atoms with Gasteiger partial charge in [0, 0.05) is 23.8 Å². The van der Waals surface area contributed by atoms with E-state index in [-0.39, 0.29) is 16.7 Å². The zero-order valence-corrected chi connectivity index (χ0v) is 16.4. The second-order valence-electron chi connectivity index (χ2n) is 10.3. The third-order valence-electron chi connectivity index (χ3n) is 9.36. The Hall–Kier alpha value is -0.960. The second kappa shape index (κ2) is 5.77. The Morgan fingerprint density at radius 2 is 1.81 bits per heavy atom. The van der Waals surface area contributed by atoms with Crippen molar-refractivity contribution in [1.29, 1.82) is 0 Å². The first-order valence-corrected chi connectivity index (χ1v) is 10.9. The summed E-state index contributed by atoms with van der Waals surface area (Å²) in [5.41, 5.74) is 1.57. The van der Waals surface area contributed by atoms with Crippen molar-refractivity contribution in [1.82, 2.24) is 5.32 Å². The molecule has 0 bridgehead atoms. The third-order valence-corrected chi connectivity index (χ3v) is 9.36. The van der Waals surface area contributed by atoms with Crippen LogP contribution in [0.1, 0.15) is 71.6 Å². The lowest BCUT2D eigenvalue weighted by molar-refractivity contribution is -0.133. The summed E-state index contributed by atoms with van der Waals surface area (Å²) in [6.07, 6.45) is 11.9. The molecule has 26 heavy (non-hydrogen) atoms. The first-order chi connectivity index (χ1) is 12.4. The summed E-state index contributed by atoms with van der Waals surface area (Å²) < 4.78 is 0. The van der Waals surface area contributed by atoms with Gasteiger partial charge < -0.3 is 5.32 Å². The molecule has 3 nitrogen and oxygen atoms in total. The highest BCUT2D eigenvalue weighted by Gasteiger charge is 2.59. The van der Waals surface area contributed by atoms with Crippen LogP contribution in [0.15, 0.2) is 11.6 Å². The monoisotopic (exact) mass is 355 g/mol. The van der Waals surface area contributed by atoms with Crippen molar-refractivity contribution in [2.45, 2.75) is 77.7 Å². The Kier molecular flexibility index (Phi) is 3.81. The van der Waals surface area contributed by atoms with Crippen LogP contribution < -0.4 is 5.32 Å². The predicted octanol–water partition coefficient (Wildman–Crippen LogP) is 4.07. The molecule has 0 aromatic rings. The molecule has 5 aliphatic rings. The van der Waals surface area contributed by atoms with Gasteiger partial charge in [0.1, 0.15) is 5.78 Å². The van der Waals surface area contributed by atoms with Gasteiger partial charge in [-0.15, -0.1) is 0 Å². The van der Waals surface area contributed by atoms with Crippen LogP contribution in [0.5, 0.6) is 0 Å². The van der Waals surface area contributed by atoms with E-state index >= 15 is 0 Å². The van der Waals surface area contributed by atoms with Gasteiger partial charge >= 0.3 is 0 Å². The van der Waals surface area contributed by atoms with Gasteiger partial charge in [0.05, 0.1) is 0 Å². The number of Topliss-reactive ketones (excluding diaryl/α,β-unsaturated/α-hetero) is 1. The van der Waals surface area contributed by atoms with E-state index in [1.807, 2.05) is 0 Å². The summed E-state index contributed by atoms with van der Waals surface area (Å²) in [4.78, 5) is 25.4. The molecule has 1 aliphatic heterocycles. The van der Waals surface area contributed by atoms with Crippen molar-refractivity contribution < 1.29 is 9.59 Å². The number of fused-ring (bicyclic) bond motifs is 5. The number of nitrogens with one attached hydrogen (secondary N) is 1. The Labute approximate surface area is 157 Å². The molecule has 7 atom stereocenters. The SMILES string of the molecule is CC12CCC3C(CCC4=CC(=O)C(C5CCCN5)CC43C)C1CCC2=O. The minimum atomic E-state index is -0.0460. The highest BCUT2D eigenvalue weighted by Crippen LogP contribution is 2.64. The van der Waals surface area contributed by atoms with E-state index in [1.54, 1.807) is 0 Å². The number of carbonyl (C=O) groups is 2. The average molecular weight is 356 g/mol. The van der Waals surface area contributed by atoms with Crippen molar-refractivity contribution in [3.05, 3.63) is 11.6 Å². The molecule has 3 heteroatoms. The molecule has 0 amide bonds. The van der Waals surface area contributed by atoms with E-state index in [9.17, 15) is 9.59 Å². The molecule has 1 saturated heterocycles. The van der Waals surface area contributed by atoms with Gasteiger partial charge in [0.2, 0.25) is 0 Å². The number of rotatable bonds is 1. The van der Waals surface area contributed by atoms with Gasteiger partial charge in [-0.1, -0.05) is 19.4 Å². The third kappa shape index (κ3) is 2.22. The normalized spacial score (nSPS) is 50.8. The Morgan fingerprint density at radius 1 is 1.00 bits per heavy atom. The maximum Gasteiger partial charge on any atom is 0.160 e.